The smallest absolute Gasteiger partial charge is 0.170 e. The van der Waals surface area contributed by atoms with Crippen molar-refractivity contribution in [3.05, 3.63) is 17.0 Å². The number of aromatic nitrogens is 2. The van der Waals surface area contributed by atoms with Crippen LogP contribution < -0.4 is 0 Å². The van der Waals surface area contributed by atoms with Crippen LogP contribution in [0.4, 0.5) is 0 Å². The first-order chi connectivity index (χ1) is 8.40. The zero-order valence-corrected chi connectivity index (χ0v) is 10.0. The van der Waals surface area contributed by atoms with Gasteiger partial charge in [-0.15, -0.1) is 0 Å². The molecule has 1 aliphatic heterocycles. The van der Waals surface area contributed by atoms with Crippen molar-refractivity contribution < 1.29 is 9.53 Å². The van der Waals surface area contributed by atoms with Gasteiger partial charge in [0.15, 0.2) is 6.29 Å². The van der Waals surface area contributed by atoms with Crippen LogP contribution >= 0.6 is 0 Å². The molecule has 92 valence electrons. The van der Waals surface area contributed by atoms with Gasteiger partial charge >= 0.3 is 0 Å². The number of ether oxygens (including phenoxy) is 1. The molecular formula is C13H18N2O2. The summed E-state index contributed by atoms with van der Waals surface area (Å²) in [5.41, 5.74) is 2.90. The lowest BCUT2D eigenvalue weighted by atomic mass is 9.95. The summed E-state index contributed by atoms with van der Waals surface area (Å²) < 4.78 is 7.59. The molecule has 4 heteroatoms. The molecule has 1 aromatic rings. The highest BCUT2D eigenvalue weighted by Crippen LogP contribution is 2.31. The van der Waals surface area contributed by atoms with Crippen LogP contribution in [0.3, 0.4) is 0 Å². The number of hydrogen-bond acceptors (Lipinski definition) is 3. The van der Waals surface area contributed by atoms with E-state index in [-0.39, 0.29) is 0 Å². The van der Waals surface area contributed by atoms with Crippen molar-refractivity contribution in [1.82, 2.24) is 9.78 Å². The van der Waals surface area contributed by atoms with Gasteiger partial charge in [0.2, 0.25) is 0 Å². The minimum atomic E-state index is 0.480. The highest BCUT2D eigenvalue weighted by molar-refractivity contribution is 5.74. The van der Waals surface area contributed by atoms with Gasteiger partial charge in [-0.05, 0) is 19.3 Å². The predicted octanol–water partition coefficient (Wildman–Crippen LogP) is 2.27. The molecule has 1 aromatic heterocycles. The molecule has 2 aliphatic rings. The standard InChI is InChI=1S/C13H18N2O2/c16-8-12-11-6-7-17-9-13(11)15(14-12)10-4-2-1-3-5-10/h8,10H,1-7,9H2. The van der Waals surface area contributed by atoms with E-state index in [1.807, 2.05) is 0 Å². The maximum atomic E-state index is 11.1. The summed E-state index contributed by atoms with van der Waals surface area (Å²) in [5.74, 6) is 0. The number of hydrogen-bond donors (Lipinski definition) is 0. The molecule has 1 fully saturated rings. The normalized spacial score (nSPS) is 21.2. The highest BCUT2D eigenvalue weighted by Gasteiger charge is 2.25. The Bertz CT molecular complexity index is 419. The van der Waals surface area contributed by atoms with Gasteiger partial charge in [-0.3, -0.25) is 9.48 Å². The summed E-state index contributed by atoms with van der Waals surface area (Å²) in [6.45, 7) is 1.33. The monoisotopic (exact) mass is 234 g/mol. The molecule has 0 aromatic carbocycles. The molecule has 4 nitrogen and oxygen atoms in total. The van der Waals surface area contributed by atoms with Crippen LogP contribution in [0.5, 0.6) is 0 Å². The minimum absolute atomic E-state index is 0.480. The molecular weight excluding hydrogens is 216 g/mol. The second-order valence-electron chi connectivity index (χ2n) is 4.97. The van der Waals surface area contributed by atoms with Crippen LogP contribution in [0.25, 0.3) is 0 Å². The Morgan fingerprint density at radius 2 is 2.12 bits per heavy atom. The van der Waals surface area contributed by atoms with Gasteiger partial charge in [0.1, 0.15) is 5.69 Å². The quantitative estimate of drug-likeness (QED) is 0.737. The molecule has 0 spiro atoms. The Labute approximate surface area is 101 Å². The van der Waals surface area contributed by atoms with E-state index in [1.54, 1.807) is 0 Å². The number of carbonyl (C=O) groups is 1. The van der Waals surface area contributed by atoms with Crippen molar-refractivity contribution in [3.8, 4) is 0 Å². The number of rotatable bonds is 2. The van der Waals surface area contributed by atoms with Crippen LogP contribution in [0.2, 0.25) is 0 Å². The first-order valence-electron chi connectivity index (χ1n) is 6.53. The molecule has 0 atom stereocenters. The third kappa shape index (κ3) is 1.90. The zero-order valence-electron chi connectivity index (χ0n) is 10.0. The Morgan fingerprint density at radius 3 is 2.88 bits per heavy atom. The maximum Gasteiger partial charge on any atom is 0.170 e. The largest absolute Gasteiger partial charge is 0.375 e. The Kier molecular flexibility index (Phi) is 2.97. The lowest BCUT2D eigenvalue weighted by Gasteiger charge is -2.25. The summed E-state index contributed by atoms with van der Waals surface area (Å²) in [5, 5.41) is 4.50. The lowest BCUT2D eigenvalue weighted by molar-refractivity contribution is 0.101. The van der Waals surface area contributed by atoms with Crippen LogP contribution in [0.1, 0.15) is 59.9 Å². The lowest BCUT2D eigenvalue weighted by Crippen LogP contribution is -2.19. The molecule has 0 radical (unpaired) electrons. The van der Waals surface area contributed by atoms with Gasteiger partial charge < -0.3 is 4.74 Å². The van der Waals surface area contributed by atoms with E-state index in [1.165, 1.54) is 32.1 Å². The Balaban J connectivity index is 1.97. The third-order valence-corrected chi connectivity index (χ3v) is 3.92. The molecule has 17 heavy (non-hydrogen) atoms. The van der Waals surface area contributed by atoms with Crippen molar-refractivity contribution in [2.75, 3.05) is 6.61 Å². The average Bonchev–Trinajstić information content (AvgIpc) is 2.78. The van der Waals surface area contributed by atoms with Gasteiger partial charge in [-0.2, -0.15) is 5.10 Å². The van der Waals surface area contributed by atoms with Crippen molar-refractivity contribution >= 4 is 6.29 Å². The number of carbonyl (C=O) groups excluding carboxylic acids is 1. The van der Waals surface area contributed by atoms with Crippen LogP contribution in [0, 0.1) is 0 Å². The van der Waals surface area contributed by atoms with Crippen LogP contribution in [-0.4, -0.2) is 22.7 Å². The van der Waals surface area contributed by atoms with E-state index in [4.69, 9.17) is 4.74 Å². The third-order valence-electron chi connectivity index (χ3n) is 3.92. The summed E-state index contributed by atoms with van der Waals surface area (Å²) in [6, 6.07) is 0.480. The molecule has 0 N–H and O–H groups in total. The van der Waals surface area contributed by atoms with Crippen molar-refractivity contribution in [3.63, 3.8) is 0 Å². The summed E-state index contributed by atoms with van der Waals surface area (Å²) in [6.07, 6.45) is 7.97. The molecule has 2 heterocycles. The Morgan fingerprint density at radius 1 is 1.29 bits per heavy atom. The molecule has 1 aliphatic carbocycles. The van der Waals surface area contributed by atoms with E-state index in [0.29, 0.717) is 24.9 Å². The molecule has 3 rings (SSSR count). The average molecular weight is 234 g/mol. The zero-order chi connectivity index (χ0) is 11.7. The van der Waals surface area contributed by atoms with E-state index in [2.05, 4.69) is 9.78 Å². The van der Waals surface area contributed by atoms with E-state index in [0.717, 1.165) is 24.0 Å². The van der Waals surface area contributed by atoms with Gasteiger partial charge in [-0.1, -0.05) is 19.3 Å². The van der Waals surface area contributed by atoms with E-state index in [9.17, 15) is 4.79 Å². The van der Waals surface area contributed by atoms with Gasteiger partial charge in [0.25, 0.3) is 0 Å². The van der Waals surface area contributed by atoms with Crippen molar-refractivity contribution in [1.29, 1.82) is 0 Å². The van der Waals surface area contributed by atoms with E-state index < -0.39 is 0 Å². The predicted molar refractivity (Wildman–Crippen MR) is 63.1 cm³/mol. The fraction of sp³-hybridized carbons (Fsp3) is 0.692. The summed E-state index contributed by atoms with van der Waals surface area (Å²) in [4.78, 5) is 11.1. The molecule has 0 bridgehead atoms. The number of aldehydes is 1. The first kappa shape index (κ1) is 11.0. The fourth-order valence-electron chi connectivity index (χ4n) is 3.01. The second kappa shape index (κ2) is 4.61. The maximum absolute atomic E-state index is 11.1. The van der Waals surface area contributed by atoms with Gasteiger partial charge in [0.05, 0.1) is 24.9 Å². The fourth-order valence-corrected chi connectivity index (χ4v) is 3.01. The van der Waals surface area contributed by atoms with E-state index >= 15 is 0 Å². The highest BCUT2D eigenvalue weighted by atomic mass is 16.5. The summed E-state index contributed by atoms with van der Waals surface area (Å²) >= 11 is 0. The van der Waals surface area contributed by atoms with Crippen molar-refractivity contribution in [2.24, 2.45) is 0 Å². The topological polar surface area (TPSA) is 44.1 Å². The van der Waals surface area contributed by atoms with Gasteiger partial charge in [0, 0.05) is 5.56 Å². The van der Waals surface area contributed by atoms with Gasteiger partial charge in [-0.25, -0.2) is 0 Å². The summed E-state index contributed by atoms with van der Waals surface area (Å²) in [7, 11) is 0. The second-order valence-corrected chi connectivity index (χ2v) is 4.97. The number of nitrogens with zero attached hydrogens (tertiary/aromatic N) is 2. The molecule has 0 saturated heterocycles. The Hall–Kier alpha value is -1.16. The van der Waals surface area contributed by atoms with Crippen LogP contribution in [0.15, 0.2) is 0 Å². The SMILES string of the molecule is O=Cc1nn(C2CCCCC2)c2c1CCOC2. The molecule has 0 unspecified atom stereocenters. The minimum Gasteiger partial charge on any atom is -0.375 e. The van der Waals surface area contributed by atoms with Crippen molar-refractivity contribution in [2.45, 2.75) is 51.2 Å². The number of fused-ring (bicyclic) bond motifs is 1. The van der Waals surface area contributed by atoms with Crippen LogP contribution in [-0.2, 0) is 17.8 Å². The molecule has 0 amide bonds. The molecule has 1 saturated carbocycles. The first-order valence-corrected chi connectivity index (χ1v) is 6.53.